The first-order chi connectivity index (χ1) is 11.6. The minimum atomic E-state index is -1.07. The van der Waals surface area contributed by atoms with E-state index in [1.807, 2.05) is 41.5 Å². The summed E-state index contributed by atoms with van der Waals surface area (Å²) in [6.07, 6.45) is 3.20. The molecule has 0 spiro atoms. The van der Waals surface area contributed by atoms with E-state index in [0.717, 1.165) is 0 Å². The van der Waals surface area contributed by atoms with E-state index in [0.29, 0.717) is 38.5 Å². The molecule has 0 aromatic rings. The van der Waals surface area contributed by atoms with Crippen LogP contribution in [0.1, 0.15) is 80.1 Å². The average Bonchev–Trinajstić information content (AvgIpc) is 2.30. The van der Waals surface area contributed by atoms with Crippen LogP contribution in [0.15, 0.2) is 0 Å². The summed E-state index contributed by atoms with van der Waals surface area (Å²) in [5.41, 5.74) is -4.80. The van der Waals surface area contributed by atoms with Gasteiger partial charge in [0.25, 0.3) is 0 Å². The van der Waals surface area contributed by atoms with Crippen LogP contribution in [-0.2, 0) is 9.53 Å². The van der Waals surface area contributed by atoms with Crippen LogP contribution in [0, 0.1) is 22.2 Å². The van der Waals surface area contributed by atoms with Crippen molar-refractivity contribution >= 4 is 5.97 Å². The summed E-state index contributed by atoms with van der Waals surface area (Å²) in [5.74, 6) is -0.226. The summed E-state index contributed by atoms with van der Waals surface area (Å²) >= 11 is 0. The zero-order chi connectivity index (χ0) is 19.8. The number of aliphatic hydroxyl groups is 3. The molecule has 4 saturated carbocycles. The Morgan fingerprint density at radius 3 is 1.73 bits per heavy atom. The van der Waals surface area contributed by atoms with Crippen LogP contribution in [0.3, 0.4) is 0 Å². The van der Waals surface area contributed by atoms with Crippen LogP contribution >= 0.6 is 0 Å². The lowest BCUT2D eigenvalue weighted by atomic mass is 9.50. The van der Waals surface area contributed by atoms with Gasteiger partial charge in [-0.1, -0.05) is 41.5 Å². The van der Waals surface area contributed by atoms with Crippen molar-refractivity contribution in [3.8, 4) is 0 Å². The van der Waals surface area contributed by atoms with Crippen molar-refractivity contribution in [1.82, 2.24) is 0 Å². The Hall–Kier alpha value is -0.650. The normalized spacial score (nSPS) is 40.0. The zero-order valence-electron chi connectivity index (χ0n) is 17.2. The second-order valence-electron chi connectivity index (χ2n) is 11.6. The van der Waals surface area contributed by atoms with Gasteiger partial charge in [0.05, 0.1) is 17.8 Å². The molecule has 4 bridgehead atoms. The quantitative estimate of drug-likeness (QED) is 0.667. The fraction of sp³-hybridized carbons (Fsp3) is 0.952. The van der Waals surface area contributed by atoms with Crippen LogP contribution in [-0.4, -0.2) is 44.7 Å². The molecular weight excluding hydrogens is 332 g/mol. The molecule has 3 N–H and O–H groups in total. The molecule has 0 saturated heterocycles. The van der Waals surface area contributed by atoms with E-state index >= 15 is 0 Å². The molecule has 0 amide bonds. The van der Waals surface area contributed by atoms with Gasteiger partial charge in [0.15, 0.2) is 0 Å². The minimum absolute atomic E-state index is 0.182. The van der Waals surface area contributed by atoms with Crippen molar-refractivity contribution < 1.29 is 24.9 Å². The van der Waals surface area contributed by atoms with Crippen molar-refractivity contribution in [3.63, 3.8) is 0 Å². The predicted molar refractivity (Wildman–Crippen MR) is 98.3 cm³/mol. The predicted octanol–water partition coefficient (Wildman–Crippen LogP) is 2.80. The summed E-state index contributed by atoms with van der Waals surface area (Å²) in [7, 11) is 0. The number of ether oxygens (including phenoxy) is 1. The number of esters is 1. The summed E-state index contributed by atoms with van der Waals surface area (Å²) < 4.78 is 6.17. The molecule has 5 heteroatoms. The van der Waals surface area contributed by atoms with E-state index in [1.165, 1.54) is 0 Å². The first-order valence-corrected chi connectivity index (χ1v) is 9.89. The molecule has 2 atom stereocenters. The van der Waals surface area contributed by atoms with Gasteiger partial charge in [-0.25, -0.2) is 0 Å². The number of aliphatic hydroxyl groups excluding tert-OH is 1. The second-order valence-corrected chi connectivity index (χ2v) is 11.6. The third-order valence-electron chi connectivity index (χ3n) is 7.41. The van der Waals surface area contributed by atoms with Gasteiger partial charge in [-0.05, 0) is 36.0 Å². The third-order valence-corrected chi connectivity index (χ3v) is 7.41. The van der Waals surface area contributed by atoms with E-state index in [9.17, 15) is 20.1 Å². The lowest BCUT2D eigenvalue weighted by Crippen LogP contribution is -2.68. The van der Waals surface area contributed by atoms with Gasteiger partial charge >= 0.3 is 5.97 Å². The van der Waals surface area contributed by atoms with Crippen LogP contribution in [0.4, 0.5) is 0 Å². The molecule has 26 heavy (non-hydrogen) atoms. The molecule has 2 unspecified atom stereocenters. The summed E-state index contributed by atoms with van der Waals surface area (Å²) in [6.45, 7) is 11.4. The molecule has 4 aliphatic rings. The zero-order valence-corrected chi connectivity index (χ0v) is 17.2. The summed E-state index contributed by atoms with van der Waals surface area (Å²) in [6, 6.07) is 0. The fourth-order valence-electron chi connectivity index (χ4n) is 6.92. The molecule has 5 nitrogen and oxygen atoms in total. The molecule has 4 fully saturated rings. The highest BCUT2D eigenvalue weighted by Crippen LogP contribution is 2.62. The molecule has 0 radical (unpaired) electrons. The van der Waals surface area contributed by atoms with Crippen molar-refractivity contribution in [3.05, 3.63) is 0 Å². The lowest BCUT2D eigenvalue weighted by molar-refractivity contribution is -0.270. The molecule has 0 aromatic carbocycles. The minimum Gasteiger partial charge on any atom is -0.458 e. The van der Waals surface area contributed by atoms with Crippen molar-refractivity contribution in [2.24, 2.45) is 22.2 Å². The Bertz CT molecular complexity index is 565. The molecular formula is C21H36O5. The molecule has 0 heterocycles. The highest BCUT2D eigenvalue weighted by Gasteiger charge is 2.66. The van der Waals surface area contributed by atoms with Gasteiger partial charge < -0.3 is 20.1 Å². The van der Waals surface area contributed by atoms with Gasteiger partial charge in [0.2, 0.25) is 0 Å². The van der Waals surface area contributed by atoms with Gasteiger partial charge in [-0.15, -0.1) is 0 Å². The molecule has 4 rings (SSSR count). The first kappa shape index (κ1) is 20.1. The topological polar surface area (TPSA) is 87.0 Å². The highest BCUT2D eigenvalue weighted by atomic mass is 16.6. The van der Waals surface area contributed by atoms with E-state index in [2.05, 4.69) is 0 Å². The van der Waals surface area contributed by atoms with E-state index in [4.69, 9.17) is 4.74 Å². The number of carbonyl (C=O) groups is 1. The van der Waals surface area contributed by atoms with Crippen LogP contribution in [0.2, 0.25) is 0 Å². The smallest absolute Gasteiger partial charge is 0.316 e. The molecule has 0 aromatic heterocycles. The van der Waals surface area contributed by atoms with E-state index in [-0.39, 0.29) is 12.5 Å². The Balaban J connectivity index is 1.96. The Labute approximate surface area is 157 Å². The van der Waals surface area contributed by atoms with Gasteiger partial charge in [0, 0.05) is 19.3 Å². The third kappa shape index (κ3) is 2.82. The SMILES string of the molecule is CC(C)(C)C(CO)(C(=O)OC12CC3CC(O)(CC(O)(C3)C1)C2)C(C)(C)C. The van der Waals surface area contributed by atoms with Crippen molar-refractivity contribution in [2.75, 3.05) is 6.61 Å². The van der Waals surface area contributed by atoms with Crippen molar-refractivity contribution in [2.45, 2.75) is 96.9 Å². The number of hydrogen-bond acceptors (Lipinski definition) is 5. The number of hydrogen-bond donors (Lipinski definition) is 3. The Morgan fingerprint density at radius 2 is 1.38 bits per heavy atom. The number of carbonyl (C=O) groups excluding carboxylic acids is 1. The van der Waals surface area contributed by atoms with Gasteiger partial charge in [-0.2, -0.15) is 0 Å². The van der Waals surface area contributed by atoms with Gasteiger partial charge in [0.1, 0.15) is 11.0 Å². The summed E-state index contributed by atoms with van der Waals surface area (Å²) in [5, 5.41) is 32.2. The first-order valence-electron chi connectivity index (χ1n) is 9.89. The highest BCUT2D eigenvalue weighted by molar-refractivity contribution is 5.79. The second kappa shape index (κ2) is 5.45. The largest absolute Gasteiger partial charge is 0.458 e. The monoisotopic (exact) mass is 368 g/mol. The maximum Gasteiger partial charge on any atom is 0.316 e. The maximum absolute atomic E-state index is 13.5. The van der Waals surface area contributed by atoms with E-state index < -0.39 is 39.0 Å². The molecule has 0 aliphatic heterocycles. The van der Waals surface area contributed by atoms with E-state index in [1.54, 1.807) is 0 Å². The van der Waals surface area contributed by atoms with Crippen molar-refractivity contribution in [1.29, 1.82) is 0 Å². The Morgan fingerprint density at radius 1 is 0.923 bits per heavy atom. The fourth-order valence-corrected chi connectivity index (χ4v) is 6.92. The van der Waals surface area contributed by atoms with Gasteiger partial charge in [-0.3, -0.25) is 4.79 Å². The lowest BCUT2D eigenvalue weighted by Gasteiger charge is -2.63. The van der Waals surface area contributed by atoms with Crippen LogP contribution < -0.4 is 0 Å². The van der Waals surface area contributed by atoms with Crippen LogP contribution in [0.5, 0.6) is 0 Å². The average molecular weight is 369 g/mol. The maximum atomic E-state index is 13.5. The molecule has 4 aliphatic carbocycles. The van der Waals surface area contributed by atoms with Crippen LogP contribution in [0.25, 0.3) is 0 Å². The Kier molecular flexibility index (Phi) is 4.21. The molecule has 150 valence electrons. The summed E-state index contributed by atoms with van der Waals surface area (Å²) in [4.78, 5) is 13.5. The standard InChI is InChI=1S/C21H36O5/c1-16(2,3)21(13-22,17(4,5)6)15(23)26-20-9-14-7-18(24,11-20)10-19(25,8-14)12-20/h14,22,24-25H,7-13H2,1-6H3. The number of rotatable bonds is 3.